The van der Waals surface area contributed by atoms with Crippen LogP contribution >= 0.6 is 0 Å². The van der Waals surface area contributed by atoms with Gasteiger partial charge < -0.3 is 10.1 Å². The molecule has 0 spiro atoms. The summed E-state index contributed by atoms with van der Waals surface area (Å²) < 4.78 is 5.29. The van der Waals surface area contributed by atoms with E-state index in [9.17, 15) is 0 Å². The third kappa shape index (κ3) is 2.86. The number of methoxy groups -OCH3 is 1. The van der Waals surface area contributed by atoms with Crippen molar-refractivity contribution in [1.29, 1.82) is 0 Å². The molecular formula is C16H25NO. The molecule has 0 heterocycles. The first-order chi connectivity index (χ1) is 8.76. The van der Waals surface area contributed by atoms with E-state index in [4.69, 9.17) is 4.74 Å². The van der Waals surface area contributed by atoms with E-state index in [-0.39, 0.29) is 0 Å². The Labute approximate surface area is 111 Å². The highest BCUT2D eigenvalue weighted by Crippen LogP contribution is 2.36. The fourth-order valence-corrected chi connectivity index (χ4v) is 3.24. The van der Waals surface area contributed by atoms with Crippen LogP contribution in [-0.2, 0) is 0 Å². The zero-order chi connectivity index (χ0) is 13.0. The molecular weight excluding hydrogens is 222 g/mol. The summed E-state index contributed by atoms with van der Waals surface area (Å²) in [5, 5.41) is 3.53. The number of rotatable bonds is 4. The lowest BCUT2D eigenvalue weighted by atomic mass is 9.80. The molecule has 2 nitrogen and oxygen atoms in total. The van der Waals surface area contributed by atoms with Gasteiger partial charge in [0, 0.05) is 6.04 Å². The van der Waals surface area contributed by atoms with E-state index in [2.05, 4.69) is 37.5 Å². The van der Waals surface area contributed by atoms with Crippen molar-refractivity contribution in [2.45, 2.75) is 45.1 Å². The molecule has 1 aliphatic rings. The van der Waals surface area contributed by atoms with Gasteiger partial charge in [0.15, 0.2) is 0 Å². The summed E-state index contributed by atoms with van der Waals surface area (Å²) in [5.74, 6) is 1.74. The second-order valence-corrected chi connectivity index (χ2v) is 5.39. The van der Waals surface area contributed by atoms with Crippen molar-refractivity contribution in [2.24, 2.45) is 5.92 Å². The molecule has 0 amide bonds. The second kappa shape index (κ2) is 6.24. The van der Waals surface area contributed by atoms with Crippen molar-refractivity contribution in [2.75, 3.05) is 14.2 Å². The van der Waals surface area contributed by atoms with E-state index in [1.165, 1.54) is 43.2 Å². The van der Waals surface area contributed by atoms with Crippen LogP contribution in [-0.4, -0.2) is 14.2 Å². The molecule has 0 bridgehead atoms. The van der Waals surface area contributed by atoms with Gasteiger partial charge >= 0.3 is 0 Å². The second-order valence-electron chi connectivity index (χ2n) is 5.39. The van der Waals surface area contributed by atoms with Gasteiger partial charge in [-0.2, -0.15) is 0 Å². The average molecular weight is 247 g/mol. The number of aryl methyl sites for hydroxylation is 1. The molecule has 1 fully saturated rings. The molecule has 0 radical (unpaired) electrons. The van der Waals surface area contributed by atoms with Crippen molar-refractivity contribution in [3.8, 4) is 5.75 Å². The number of nitrogens with one attached hydrogen (secondary N) is 1. The van der Waals surface area contributed by atoms with Crippen LogP contribution in [0, 0.1) is 12.8 Å². The molecule has 1 aromatic rings. The minimum absolute atomic E-state index is 0.496. The number of ether oxygens (including phenoxy) is 1. The average Bonchev–Trinajstić information content (AvgIpc) is 2.42. The first-order valence-electron chi connectivity index (χ1n) is 7.08. The molecule has 0 saturated heterocycles. The third-order valence-electron chi connectivity index (χ3n) is 4.24. The maximum Gasteiger partial charge on any atom is 0.119 e. The third-order valence-corrected chi connectivity index (χ3v) is 4.24. The fourth-order valence-electron chi connectivity index (χ4n) is 3.24. The summed E-state index contributed by atoms with van der Waals surface area (Å²) in [6.07, 6.45) is 6.90. The maximum absolute atomic E-state index is 5.29. The van der Waals surface area contributed by atoms with Crippen LogP contribution in [0.3, 0.4) is 0 Å². The Morgan fingerprint density at radius 3 is 2.50 bits per heavy atom. The van der Waals surface area contributed by atoms with E-state index < -0.39 is 0 Å². The fraction of sp³-hybridized carbons (Fsp3) is 0.625. The van der Waals surface area contributed by atoms with Crippen LogP contribution in [0.2, 0.25) is 0 Å². The van der Waals surface area contributed by atoms with Gasteiger partial charge in [-0.3, -0.25) is 0 Å². The van der Waals surface area contributed by atoms with Crippen LogP contribution in [0.15, 0.2) is 18.2 Å². The van der Waals surface area contributed by atoms with Crippen molar-refractivity contribution >= 4 is 0 Å². The molecule has 1 aliphatic carbocycles. The van der Waals surface area contributed by atoms with Crippen LogP contribution in [0.25, 0.3) is 0 Å². The van der Waals surface area contributed by atoms with E-state index >= 15 is 0 Å². The van der Waals surface area contributed by atoms with Crippen molar-refractivity contribution in [3.63, 3.8) is 0 Å². The monoisotopic (exact) mass is 247 g/mol. The Balaban J connectivity index is 2.20. The summed E-state index contributed by atoms with van der Waals surface area (Å²) in [7, 11) is 3.81. The van der Waals surface area contributed by atoms with Crippen LogP contribution in [0.4, 0.5) is 0 Å². The number of hydrogen-bond acceptors (Lipinski definition) is 2. The predicted octanol–water partition coefficient (Wildman–Crippen LogP) is 3.84. The van der Waals surface area contributed by atoms with Crippen molar-refractivity contribution in [1.82, 2.24) is 5.32 Å². The first-order valence-corrected chi connectivity index (χ1v) is 7.08. The van der Waals surface area contributed by atoms with Gasteiger partial charge in [-0.1, -0.05) is 25.3 Å². The highest BCUT2D eigenvalue weighted by molar-refractivity contribution is 5.37. The Hall–Kier alpha value is -1.02. The van der Waals surface area contributed by atoms with Gasteiger partial charge in [0.1, 0.15) is 5.75 Å². The molecule has 0 aliphatic heterocycles. The lowest BCUT2D eigenvalue weighted by molar-refractivity contribution is 0.281. The zero-order valence-corrected chi connectivity index (χ0v) is 11.8. The lowest BCUT2D eigenvalue weighted by Crippen LogP contribution is -2.27. The van der Waals surface area contributed by atoms with E-state index in [0.29, 0.717) is 6.04 Å². The molecule has 1 saturated carbocycles. The molecule has 2 rings (SSSR count). The number of hydrogen-bond donors (Lipinski definition) is 1. The van der Waals surface area contributed by atoms with Crippen molar-refractivity contribution in [3.05, 3.63) is 29.3 Å². The van der Waals surface area contributed by atoms with Gasteiger partial charge in [-0.25, -0.2) is 0 Å². The van der Waals surface area contributed by atoms with Crippen LogP contribution < -0.4 is 10.1 Å². The Bertz CT molecular complexity index is 383. The first kappa shape index (κ1) is 13.4. The topological polar surface area (TPSA) is 21.3 Å². The molecule has 1 N–H and O–H groups in total. The Morgan fingerprint density at radius 2 is 1.94 bits per heavy atom. The van der Waals surface area contributed by atoms with E-state index in [1.807, 2.05) is 0 Å². The minimum atomic E-state index is 0.496. The van der Waals surface area contributed by atoms with Gasteiger partial charge in [0.05, 0.1) is 7.11 Å². The molecule has 18 heavy (non-hydrogen) atoms. The smallest absolute Gasteiger partial charge is 0.119 e. The zero-order valence-electron chi connectivity index (χ0n) is 11.8. The van der Waals surface area contributed by atoms with E-state index in [0.717, 1.165) is 11.7 Å². The van der Waals surface area contributed by atoms with Gasteiger partial charge in [0.2, 0.25) is 0 Å². The van der Waals surface area contributed by atoms with Crippen molar-refractivity contribution < 1.29 is 4.74 Å². The quantitative estimate of drug-likeness (QED) is 0.872. The molecule has 100 valence electrons. The minimum Gasteiger partial charge on any atom is -0.497 e. The van der Waals surface area contributed by atoms with Gasteiger partial charge in [0.25, 0.3) is 0 Å². The summed E-state index contributed by atoms with van der Waals surface area (Å²) in [5.41, 5.74) is 2.77. The normalized spacial score (nSPS) is 18.6. The molecule has 1 atom stereocenters. The highest BCUT2D eigenvalue weighted by Gasteiger charge is 2.24. The Kier molecular flexibility index (Phi) is 4.65. The lowest BCUT2D eigenvalue weighted by Gasteiger charge is -2.31. The summed E-state index contributed by atoms with van der Waals surface area (Å²) >= 11 is 0. The number of benzene rings is 1. The van der Waals surface area contributed by atoms with Crippen LogP contribution in [0.5, 0.6) is 5.75 Å². The predicted molar refractivity (Wildman–Crippen MR) is 76.1 cm³/mol. The van der Waals surface area contributed by atoms with Crippen LogP contribution in [0.1, 0.15) is 49.3 Å². The highest BCUT2D eigenvalue weighted by atomic mass is 16.5. The molecule has 1 aromatic carbocycles. The summed E-state index contributed by atoms with van der Waals surface area (Å²) in [4.78, 5) is 0. The summed E-state index contributed by atoms with van der Waals surface area (Å²) in [6.45, 7) is 2.19. The maximum atomic E-state index is 5.29. The SMILES string of the molecule is CNC(c1ccc(OC)cc1C)C1CCCCC1. The molecule has 2 heteroatoms. The van der Waals surface area contributed by atoms with Gasteiger partial charge in [-0.05, 0) is 56.0 Å². The largest absolute Gasteiger partial charge is 0.497 e. The Morgan fingerprint density at radius 1 is 1.22 bits per heavy atom. The van der Waals surface area contributed by atoms with E-state index in [1.54, 1.807) is 7.11 Å². The molecule has 1 unspecified atom stereocenters. The summed E-state index contributed by atoms with van der Waals surface area (Å²) in [6, 6.07) is 6.94. The standard InChI is InChI=1S/C16H25NO/c1-12-11-14(18-3)9-10-15(12)16(17-2)13-7-5-4-6-8-13/h9-11,13,16-17H,4-8H2,1-3H3. The molecule has 0 aromatic heterocycles. The van der Waals surface area contributed by atoms with Gasteiger partial charge in [-0.15, -0.1) is 0 Å².